The number of carbonyl (C=O) groups is 1. The molecule has 1 atom stereocenters. The predicted octanol–water partition coefficient (Wildman–Crippen LogP) is 1.21. The number of amides is 1. The van der Waals surface area contributed by atoms with E-state index in [0.29, 0.717) is 12.8 Å². The van der Waals surface area contributed by atoms with Crippen molar-refractivity contribution in [3.63, 3.8) is 0 Å². The van der Waals surface area contributed by atoms with Gasteiger partial charge in [0.2, 0.25) is 5.91 Å². The third kappa shape index (κ3) is 2.83. The molecule has 1 saturated heterocycles. The number of nitrogens with zero attached hydrogens (tertiary/aromatic N) is 1. The van der Waals surface area contributed by atoms with Gasteiger partial charge in [-0.2, -0.15) is 13.2 Å². The van der Waals surface area contributed by atoms with E-state index >= 15 is 0 Å². The smallest absolute Gasteiger partial charge is 0.379 e. The van der Waals surface area contributed by atoms with Crippen molar-refractivity contribution in [1.82, 2.24) is 4.90 Å². The molecule has 0 radical (unpaired) electrons. The van der Waals surface area contributed by atoms with Crippen LogP contribution in [0.1, 0.15) is 32.1 Å². The standard InChI is InChI=1S/C11H17F3N2O2.ClH/c12-11(13,14)10(18)5-6-16(7-10)8(17)9(15)3-1-2-4-9;/h18H,1-7,15H2;1H. The molecule has 1 saturated carbocycles. The Morgan fingerprint density at radius 2 is 1.74 bits per heavy atom. The lowest BCUT2D eigenvalue weighted by molar-refractivity contribution is -0.253. The molecule has 0 spiro atoms. The molecule has 1 amide bonds. The maximum atomic E-state index is 12.6. The summed E-state index contributed by atoms with van der Waals surface area (Å²) < 4.78 is 37.9. The van der Waals surface area contributed by atoms with Crippen molar-refractivity contribution in [1.29, 1.82) is 0 Å². The van der Waals surface area contributed by atoms with Crippen molar-refractivity contribution in [2.24, 2.45) is 5.73 Å². The Kier molecular flexibility index (Phi) is 4.44. The van der Waals surface area contributed by atoms with E-state index in [4.69, 9.17) is 5.73 Å². The van der Waals surface area contributed by atoms with Crippen LogP contribution in [0.5, 0.6) is 0 Å². The molecule has 1 heterocycles. The van der Waals surface area contributed by atoms with Crippen molar-refractivity contribution in [3.8, 4) is 0 Å². The molecular formula is C11H18ClF3N2O2. The zero-order valence-corrected chi connectivity index (χ0v) is 11.2. The van der Waals surface area contributed by atoms with Gasteiger partial charge in [-0.15, -0.1) is 12.4 Å². The lowest BCUT2D eigenvalue weighted by Gasteiger charge is -2.30. The van der Waals surface area contributed by atoms with Crippen molar-refractivity contribution in [3.05, 3.63) is 0 Å². The number of rotatable bonds is 1. The van der Waals surface area contributed by atoms with Gasteiger partial charge in [0.15, 0.2) is 5.60 Å². The van der Waals surface area contributed by atoms with Crippen LogP contribution >= 0.6 is 12.4 Å². The Morgan fingerprint density at radius 3 is 2.16 bits per heavy atom. The van der Waals surface area contributed by atoms with Gasteiger partial charge >= 0.3 is 6.18 Å². The number of carbonyl (C=O) groups excluding carboxylic acids is 1. The normalized spacial score (nSPS) is 30.3. The van der Waals surface area contributed by atoms with Gasteiger partial charge in [-0.1, -0.05) is 12.8 Å². The van der Waals surface area contributed by atoms with Crippen molar-refractivity contribution < 1.29 is 23.1 Å². The highest BCUT2D eigenvalue weighted by molar-refractivity contribution is 5.86. The first kappa shape index (κ1) is 16.5. The summed E-state index contributed by atoms with van der Waals surface area (Å²) in [6, 6.07) is 0. The highest BCUT2D eigenvalue weighted by atomic mass is 35.5. The summed E-state index contributed by atoms with van der Waals surface area (Å²) in [6.45, 7) is -0.790. The van der Waals surface area contributed by atoms with Crippen LogP contribution in [0.25, 0.3) is 0 Å². The molecule has 2 fully saturated rings. The second-order valence-corrected chi connectivity index (χ2v) is 5.37. The van der Waals surface area contributed by atoms with Crippen LogP contribution in [0, 0.1) is 0 Å². The van der Waals surface area contributed by atoms with Crippen LogP contribution in [0.2, 0.25) is 0 Å². The zero-order valence-electron chi connectivity index (χ0n) is 10.4. The van der Waals surface area contributed by atoms with Gasteiger partial charge < -0.3 is 15.7 Å². The van der Waals surface area contributed by atoms with E-state index < -0.39 is 36.2 Å². The summed E-state index contributed by atoms with van der Waals surface area (Å²) in [4.78, 5) is 13.2. The lowest BCUT2D eigenvalue weighted by atomic mass is 9.97. The number of halogens is 4. The fourth-order valence-electron chi connectivity index (χ4n) is 2.73. The monoisotopic (exact) mass is 302 g/mol. The van der Waals surface area contributed by atoms with Crippen LogP contribution in [-0.4, -0.2) is 46.3 Å². The second kappa shape index (κ2) is 5.10. The highest BCUT2D eigenvalue weighted by Gasteiger charge is 2.58. The van der Waals surface area contributed by atoms with Crippen LogP contribution < -0.4 is 5.73 Å². The Labute approximate surface area is 115 Å². The number of hydrogen-bond acceptors (Lipinski definition) is 3. The number of nitrogens with two attached hydrogens (primary N) is 1. The summed E-state index contributed by atoms with van der Waals surface area (Å²) in [6.07, 6.45) is -2.53. The Morgan fingerprint density at radius 1 is 1.21 bits per heavy atom. The summed E-state index contributed by atoms with van der Waals surface area (Å²) in [5, 5.41) is 9.51. The SMILES string of the molecule is Cl.NC1(C(=O)N2CCC(O)(C(F)(F)F)C2)CCCC1. The van der Waals surface area contributed by atoms with Crippen LogP contribution in [0.4, 0.5) is 13.2 Å². The summed E-state index contributed by atoms with van der Waals surface area (Å²) >= 11 is 0. The summed E-state index contributed by atoms with van der Waals surface area (Å²) in [5.41, 5.74) is 2.11. The molecule has 2 aliphatic rings. The molecule has 0 aromatic carbocycles. The minimum atomic E-state index is -4.71. The summed E-state index contributed by atoms with van der Waals surface area (Å²) in [5.74, 6) is -0.458. The van der Waals surface area contributed by atoms with E-state index in [9.17, 15) is 23.1 Å². The molecule has 1 aliphatic heterocycles. The number of aliphatic hydroxyl groups is 1. The predicted molar refractivity (Wildman–Crippen MR) is 64.8 cm³/mol. The minimum Gasteiger partial charge on any atom is -0.379 e. The van der Waals surface area contributed by atoms with Gasteiger partial charge in [0.25, 0.3) is 0 Å². The van der Waals surface area contributed by atoms with Gasteiger partial charge in [0, 0.05) is 13.0 Å². The minimum absolute atomic E-state index is 0. The molecule has 3 N–H and O–H groups in total. The molecule has 4 nitrogen and oxygen atoms in total. The van der Waals surface area contributed by atoms with Crippen molar-refractivity contribution in [2.45, 2.75) is 49.4 Å². The summed E-state index contributed by atoms with van der Waals surface area (Å²) in [7, 11) is 0. The van der Waals surface area contributed by atoms with E-state index in [1.807, 2.05) is 0 Å². The quantitative estimate of drug-likeness (QED) is 0.765. The molecular weight excluding hydrogens is 285 g/mol. The molecule has 2 rings (SSSR count). The molecule has 8 heteroatoms. The highest BCUT2D eigenvalue weighted by Crippen LogP contribution is 2.39. The third-order valence-electron chi connectivity index (χ3n) is 3.98. The van der Waals surface area contributed by atoms with Gasteiger partial charge in [-0.25, -0.2) is 0 Å². The fourth-order valence-corrected chi connectivity index (χ4v) is 2.73. The maximum Gasteiger partial charge on any atom is 0.419 e. The molecule has 0 bridgehead atoms. The average Bonchev–Trinajstić information content (AvgIpc) is 2.85. The van der Waals surface area contributed by atoms with E-state index in [2.05, 4.69) is 0 Å². The Hall–Kier alpha value is -0.530. The largest absolute Gasteiger partial charge is 0.419 e. The van der Waals surface area contributed by atoms with E-state index in [1.165, 1.54) is 0 Å². The first-order chi connectivity index (χ1) is 8.18. The number of likely N-dealkylation sites (tertiary alicyclic amines) is 1. The van der Waals surface area contributed by atoms with Gasteiger partial charge in [0.05, 0.1) is 12.1 Å². The molecule has 1 aliphatic carbocycles. The zero-order chi connectivity index (χ0) is 13.6. The molecule has 19 heavy (non-hydrogen) atoms. The molecule has 0 aromatic rings. The van der Waals surface area contributed by atoms with E-state index in [1.54, 1.807) is 0 Å². The fraction of sp³-hybridized carbons (Fsp3) is 0.909. The van der Waals surface area contributed by atoms with E-state index in [0.717, 1.165) is 17.7 Å². The number of β-amino-alcohol motifs (C(OH)–C–C–N with tert-alkyl or cyclic N) is 1. The molecule has 112 valence electrons. The van der Waals surface area contributed by atoms with Gasteiger partial charge in [-0.05, 0) is 12.8 Å². The molecule has 1 unspecified atom stereocenters. The Bertz CT molecular complexity index is 358. The topological polar surface area (TPSA) is 66.6 Å². The average molecular weight is 303 g/mol. The first-order valence-electron chi connectivity index (χ1n) is 6.05. The van der Waals surface area contributed by atoms with E-state index in [-0.39, 0.29) is 19.0 Å². The first-order valence-corrected chi connectivity index (χ1v) is 6.05. The van der Waals surface area contributed by atoms with Gasteiger partial charge in [0.1, 0.15) is 0 Å². The third-order valence-corrected chi connectivity index (χ3v) is 3.98. The van der Waals surface area contributed by atoms with Crippen LogP contribution in [0.15, 0.2) is 0 Å². The number of hydrogen-bond donors (Lipinski definition) is 2. The van der Waals surface area contributed by atoms with Crippen LogP contribution in [0.3, 0.4) is 0 Å². The lowest BCUT2D eigenvalue weighted by Crippen LogP contribution is -2.55. The molecule has 0 aromatic heterocycles. The maximum absolute atomic E-state index is 12.6. The second-order valence-electron chi connectivity index (χ2n) is 5.37. The van der Waals surface area contributed by atoms with Crippen molar-refractivity contribution >= 4 is 18.3 Å². The van der Waals surface area contributed by atoms with Crippen molar-refractivity contribution in [2.75, 3.05) is 13.1 Å². The van der Waals surface area contributed by atoms with Crippen LogP contribution in [-0.2, 0) is 4.79 Å². The number of alkyl halides is 3. The Balaban J connectivity index is 0.00000180. The van der Waals surface area contributed by atoms with Gasteiger partial charge in [-0.3, -0.25) is 4.79 Å².